The summed E-state index contributed by atoms with van der Waals surface area (Å²) in [5.74, 6) is 0.368. The van der Waals surface area contributed by atoms with Gasteiger partial charge in [0.2, 0.25) is 0 Å². The first kappa shape index (κ1) is 13.4. The molecule has 19 heavy (non-hydrogen) atoms. The van der Waals surface area contributed by atoms with Crippen LogP contribution in [-0.2, 0) is 0 Å². The van der Waals surface area contributed by atoms with Gasteiger partial charge in [-0.05, 0) is 18.2 Å². The Bertz CT molecular complexity index is 702. The van der Waals surface area contributed by atoms with E-state index < -0.39 is 5.41 Å². The molecule has 0 radical (unpaired) electrons. The van der Waals surface area contributed by atoms with Gasteiger partial charge in [-0.3, -0.25) is 0 Å². The number of hydrogen-bond acceptors (Lipinski definition) is 3. The number of rotatable bonds is 1. The second-order valence-electron chi connectivity index (χ2n) is 5.33. The average Bonchev–Trinajstić information content (AvgIpc) is 2.71. The van der Waals surface area contributed by atoms with Gasteiger partial charge in [-0.25, -0.2) is 4.98 Å². The van der Waals surface area contributed by atoms with Crippen molar-refractivity contribution in [2.24, 2.45) is 5.41 Å². The molecule has 0 saturated carbocycles. The second-order valence-corrected chi connectivity index (χ2v) is 5.77. The number of allylic oxidation sites excluding steroid dienone is 2. The lowest BCUT2D eigenvalue weighted by Crippen LogP contribution is -2.11. The molecular weight excluding hydrogens is 262 g/mol. The Morgan fingerprint density at radius 2 is 2.11 bits per heavy atom. The zero-order chi connectivity index (χ0) is 14.2. The van der Waals surface area contributed by atoms with Gasteiger partial charge in [0.15, 0.2) is 5.82 Å². The Kier molecular flexibility index (Phi) is 3.25. The number of aliphatic hydroxyl groups excluding tert-OH is 1. The summed E-state index contributed by atoms with van der Waals surface area (Å²) >= 11 is 5.90. The first-order valence-corrected chi connectivity index (χ1v) is 6.20. The lowest BCUT2D eigenvalue weighted by atomic mass is 9.91. The van der Waals surface area contributed by atoms with Crippen LogP contribution in [0.25, 0.3) is 16.6 Å². The second kappa shape index (κ2) is 4.60. The maximum Gasteiger partial charge on any atom is 0.152 e. The highest BCUT2D eigenvalue weighted by Gasteiger charge is 2.23. The minimum absolute atomic E-state index is 0.0140. The molecule has 0 aliphatic rings. The highest BCUT2D eigenvalue weighted by atomic mass is 35.5. The number of H-pyrrole nitrogens is 1. The molecule has 0 unspecified atom stereocenters. The summed E-state index contributed by atoms with van der Waals surface area (Å²) < 4.78 is 0. The van der Waals surface area contributed by atoms with Crippen molar-refractivity contribution in [3.63, 3.8) is 0 Å². The third kappa shape index (κ3) is 2.56. The molecule has 0 spiro atoms. The highest BCUT2D eigenvalue weighted by Crippen LogP contribution is 2.30. The third-order valence-electron chi connectivity index (χ3n) is 2.74. The maximum absolute atomic E-state index is 10.1. The molecule has 2 N–H and O–H groups in total. The number of halogens is 1. The zero-order valence-corrected chi connectivity index (χ0v) is 11.7. The lowest BCUT2D eigenvalue weighted by Gasteiger charge is -2.18. The van der Waals surface area contributed by atoms with Crippen LogP contribution in [0.15, 0.2) is 24.0 Å². The van der Waals surface area contributed by atoms with E-state index in [-0.39, 0.29) is 11.3 Å². The number of nitrogens with zero attached hydrogens (tertiary/aromatic N) is 2. The molecule has 1 aromatic heterocycles. The molecule has 0 bridgehead atoms. The van der Waals surface area contributed by atoms with Crippen LogP contribution < -0.4 is 0 Å². The van der Waals surface area contributed by atoms with Gasteiger partial charge in [0.05, 0.1) is 11.0 Å². The minimum Gasteiger partial charge on any atom is -0.510 e. The van der Waals surface area contributed by atoms with Crippen LogP contribution in [0.5, 0.6) is 0 Å². The Hall–Kier alpha value is -1.99. The first-order valence-electron chi connectivity index (χ1n) is 5.82. The van der Waals surface area contributed by atoms with E-state index in [1.54, 1.807) is 18.2 Å². The Morgan fingerprint density at radius 3 is 2.68 bits per heavy atom. The van der Waals surface area contributed by atoms with E-state index in [0.717, 1.165) is 5.52 Å². The topological polar surface area (TPSA) is 72.7 Å². The van der Waals surface area contributed by atoms with Crippen molar-refractivity contribution < 1.29 is 5.11 Å². The molecule has 1 aromatic carbocycles. The monoisotopic (exact) mass is 275 g/mol. The van der Waals surface area contributed by atoms with E-state index in [9.17, 15) is 10.4 Å². The van der Waals surface area contributed by atoms with Gasteiger partial charge in [0.1, 0.15) is 17.4 Å². The molecule has 0 fully saturated rings. The fourth-order valence-electron chi connectivity index (χ4n) is 1.69. The highest BCUT2D eigenvalue weighted by molar-refractivity contribution is 6.31. The molecule has 0 aliphatic carbocycles. The number of fused-ring (bicyclic) bond motifs is 1. The maximum atomic E-state index is 10.1. The first-order chi connectivity index (χ1) is 8.82. The standard InChI is InChI=1S/C14H14ClN3O/c1-14(2,3)12(19)9(7-16)13-17-10-5-4-8(15)6-11(10)18-13/h4-6,19H,1-3H3,(H,17,18)/b12-9-. The van der Waals surface area contributed by atoms with E-state index in [1.807, 2.05) is 26.8 Å². The quantitative estimate of drug-likeness (QED) is 0.609. The normalized spacial score (nSPS) is 13.2. The van der Waals surface area contributed by atoms with Crippen LogP contribution in [-0.4, -0.2) is 15.1 Å². The van der Waals surface area contributed by atoms with Crippen molar-refractivity contribution in [3.8, 4) is 6.07 Å². The largest absolute Gasteiger partial charge is 0.510 e. The molecule has 0 amide bonds. The SMILES string of the molecule is CC(C)(C)/C(O)=C(\C#N)c1nc2ccc(Cl)cc2[nH]1. The van der Waals surface area contributed by atoms with Crippen molar-refractivity contribution in [3.05, 3.63) is 34.8 Å². The molecule has 2 aromatic rings. The van der Waals surface area contributed by atoms with Gasteiger partial charge in [-0.15, -0.1) is 0 Å². The number of benzene rings is 1. The third-order valence-corrected chi connectivity index (χ3v) is 2.97. The van der Waals surface area contributed by atoms with Gasteiger partial charge >= 0.3 is 0 Å². The molecule has 0 atom stereocenters. The molecule has 1 heterocycles. The van der Waals surface area contributed by atoms with Gasteiger partial charge < -0.3 is 10.1 Å². The van der Waals surface area contributed by atoms with E-state index in [4.69, 9.17) is 11.6 Å². The van der Waals surface area contributed by atoms with Crippen molar-refractivity contribution >= 4 is 28.2 Å². The van der Waals surface area contributed by atoms with Gasteiger partial charge in [-0.1, -0.05) is 32.4 Å². The van der Waals surface area contributed by atoms with Crippen LogP contribution in [0.2, 0.25) is 5.02 Å². The molecule has 0 aliphatic heterocycles. The summed E-state index contributed by atoms with van der Waals surface area (Å²) in [7, 11) is 0. The number of imidazole rings is 1. The number of aromatic amines is 1. The van der Waals surface area contributed by atoms with E-state index in [1.165, 1.54) is 0 Å². The van der Waals surface area contributed by atoms with Crippen LogP contribution >= 0.6 is 11.6 Å². The Morgan fingerprint density at radius 1 is 1.42 bits per heavy atom. The Labute approximate surface area is 116 Å². The van der Waals surface area contributed by atoms with E-state index in [0.29, 0.717) is 16.4 Å². The molecule has 98 valence electrons. The number of nitrogens with one attached hydrogen (secondary N) is 1. The number of aliphatic hydroxyl groups is 1. The summed E-state index contributed by atoms with van der Waals surface area (Å²) in [4.78, 5) is 7.31. The minimum atomic E-state index is -0.512. The summed E-state index contributed by atoms with van der Waals surface area (Å²) in [6, 6.07) is 7.23. The lowest BCUT2D eigenvalue weighted by molar-refractivity contribution is 0.280. The van der Waals surface area contributed by atoms with Crippen molar-refractivity contribution in [2.75, 3.05) is 0 Å². The summed E-state index contributed by atoms with van der Waals surface area (Å²) in [6.07, 6.45) is 0. The van der Waals surface area contributed by atoms with Gasteiger partial charge in [0.25, 0.3) is 0 Å². The molecule has 5 heteroatoms. The summed E-state index contributed by atoms with van der Waals surface area (Å²) in [5, 5.41) is 20.0. The Balaban J connectivity index is 2.63. The molecular formula is C14H14ClN3O. The number of nitriles is 1. The fourth-order valence-corrected chi connectivity index (χ4v) is 1.87. The van der Waals surface area contributed by atoms with Crippen LogP contribution in [0.1, 0.15) is 26.6 Å². The zero-order valence-electron chi connectivity index (χ0n) is 11.0. The van der Waals surface area contributed by atoms with Crippen molar-refractivity contribution in [1.82, 2.24) is 9.97 Å². The van der Waals surface area contributed by atoms with Crippen LogP contribution in [0.3, 0.4) is 0 Å². The molecule has 2 rings (SSSR count). The predicted molar refractivity (Wildman–Crippen MR) is 75.7 cm³/mol. The van der Waals surface area contributed by atoms with Gasteiger partial charge in [0, 0.05) is 10.4 Å². The van der Waals surface area contributed by atoms with Crippen molar-refractivity contribution in [1.29, 1.82) is 5.26 Å². The number of aromatic nitrogens is 2. The van der Waals surface area contributed by atoms with Crippen LogP contribution in [0, 0.1) is 16.7 Å². The predicted octanol–water partition coefficient (Wildman–Crippen LogP) is 4.06. The smallest absolute Gasteiger partial charge is 0.152 e. The molecule has 4 nitrogen and oxygen atoms in total. The van der Waals surface area contributed by atoms with Gasteiger partial charge in [-0.2, -0.15) is 5.26 Å². The number of hydrogen-bond donors (Lipinski definition) is 2. The van der Waals surface area contributed by atoms with Crippen molar-refractivity contribution in [2.45, 2.75) is 20.8 Å². The van der Waals surface area contributed by atoms with E-state index in [2.05, 4.69) is 9.97 Å². The average molecular weight is 276 g/mol. The fraction of sp³-hybridized carbons (Fsp3) is 0.286. The molecule has 0 saturated heterocycles. The van der Waals surface area contributed by atoms with Crippen LogP contribution in [0.4, 0.5) is 0 Å². The summed E-state index contributed by atoms with van der Waals surface area (Å²) in [5.41, 5.74) is 1.08. The van der Waals surface area contributed by atoms with E-state index >= 15 is 0 Å². The summed E-state index contributed by atoms with van der Waals surface area (Å²) in [6.45, 7) is 5.50.